The highest BCUT2D eigenvalue weighted by molar-refractivity contribution is 5.81. The van der Waals surface area contributed by atoms with Gasteiger partial charge in [-0.3, -0.25) is 0 Å². The summed E-state index contributed by atoms with van der Waals surface area (Å²) in [5, 5.41) is 0. The molecule has 0 saturated carbocycles. The Morgan fingerprint density at radius 1 is 1.36 bits per heavy atom. The second kappa shape index (κ2) is 5.47. The molecule has 60 valence electrons. The van der Waals surface area contributed by atoms with Gasteiger partial charge in [0.1, 0.15) is 0 Å². The molecule has 2 nitrogen and oxygen atoms in total. The fraction of sp³-hybridized carbons (Fsp3) is 0.222. The van der Waals surface area contributed by atoms with E-state index in [1.54, 1.807) is 6.08 Å². The Hall–Kier alpha value is -1.31. The van der Waals surface area contributed by atoms with Gasteiger partial charge in [-0.2, -0.15) is 0 Å². The minimum atomic E-state index is -0.401. The molecule has 0 fully saturated rings. The molecule has 0 rings (SSSR count). The van der Waals surface area contributed by atoms with E-state index in [-0.39, 0.29) is 0 Å². The van der Waals surface area contributed by atoms with Crippen molar-refractivity contribution in [2.24, 2.45) is 0 Å². The van der Waals surface area contributed by atoms with E-state index < -0.39 is 5.97 Å². The molecule has 0 unspecified atom stereocenters. The molecule has 0 aromatic carbocycles. The summed E-state index contributed by atoms with van der Waals surface area (Å²) in [6.45, 7) is 10.8. The van der Waals surface area contributed by atoms with Crippen molar-refractivity contribution in [3.05, 3.63) is 37.5 Å². The standard InChI is InChI=1S/C9H12O2/c1-4-8(3)6-7-11-9(10)5-2/h4-5H,1-3,6-7H2. The van der Waals surface area contributed by atoms with Crippen LogP contribution in [0.3, 0.4) is 0 Å². The van der Waals surface area contributed by atoms with Gasteiger partial charge in [-0.1, -0.05) is 31.4 Å². The summed E-state index contributed by atoms with van der Waals surface area (Å²) in [5.41, 5.74) is 0.863. The average Bonchev–Trinajstić information content (AvgIpc) is 2.04. The van der Waals surface area contributed by atoms with Crippen LogP contribution in [0.5, 0.6) is 0 Å². The monoisotopic (exact) mass is 152 g/mol. The van der Waals surface area contributed by atoms with Gasteiger partial charge >= 0.3 is 5.97 Å². The lowest BCUT2D eigenvalue weighted by atomic mass is 10.2. The highest BCUT2D eigenvalue weighted by Crippen LogP contribution is 1.98. The van der Waals surface area contributed by atoms with Crippen molar-refractivity contribution in [3.8, 4) is 0 Å². The molecular formula is C9H12O2. The molecule has 0 aliphatic heterocycles. The normalized spacial score (nSPS) is 8.36. The molecule has 2 heteroatoms. The van der Waals surface area contributed by atoms with Crippen LogP contribution < -0.4 is 0 Å². The van der Waals surface area contributed by atoms with Crippen LogP contribution in [0.2, 0.25) is 0 Å². The van der Waals surface area contributed by atoms with Gasteiger partial charge in [-0.25, -0.2) is 4.79 Å². The Balaban J connectivity index is 3.41. The maximum absolute atomic E-state index is 10.5. The zero-order chi connectivity index (χ0) is 8.69. The van der Waals surface area contributed by atoms with Crippen molar-refractivity contribution >= 4 is 5.97 Å². The Morgan fingerprint density at radius 2 is 2.00 bits per heavy atom. The van der Waals surface area contributed by atoms with E-state index in [0.717, 1.165) is 11.6 Å². The van der Waals surface area contributed by atoms with Crippen molar-refractivity contribution in [2.45, 2.75) is 6.42 Å². The highest BCUT2D eigenvalue weighted by atomic mass is 16.5. The molecular weight excluding hydrogens is 140 g/mol. The van der Waals surface area contributed by atoms with Crippen molar-refractivity contribution < 1.29 is 9.53 Å². The number of hydrogen-bond acceptors (Lipinski definition) is 2. The smallest absolute Gasteiger partial charge is 0.330 e. The summed E-state index contributed by atoms with van der Waals surface area (Å²) in [5.74, 6) is -0.401. The zero-order valence-electron chi connectivity index (χ0n) is 6.51. The fourth-order valence-corrected chi connectivity index (χ4v) is 0.444. The molecule has 0 aromatic heterocycles. The van der Waals surface area contributed by atoms with Crippen LogP contribution in [0.15, 0.2) is 37.5 Å². The van der Waals surface area contributed by atoms with Gasteiger partial charge in [0.2, 0.25) is 0 Å². The predicted molar refractivity (Wildman–Crippen MR) is 45.1 cm³/mol. The second-order valence-corrected chi connectivity index (χ2v) is 1.98. The Morgan fingerprint density at radius 3 is 2.45 bits per heavy atom. The minimum absolute atomic E-state index is 0.343. The predicted octanol–water partition coefficient (Wildman–Crippen LogP) is 1.85. The first kappa shape index (κ1) is 9.69. The van der Waals surface area contributed by atoms with Crippen LogP contribution in [0.25, 0.3) is 0 Å². The van der Waals surface area contributed by atoms with Gasteiger partial charge in [-0.05, 0) is 0 Å². The quantitative estimate of drug-likeness (QED) is 0.341. The Labute approximate surface area is 66.9 Å². The van der Waals surface area contributed by atoms with Crippen LogP contribution in [0.4, 0.5) is 0 Å². The molecule has 0 saturated heterocycles. The summed E-state index contributed by atoms with van der Waals surface area (Å²) in [7, 11) is 0. The third-order valence-corrected chi connectivity index (χ3v) is 1.12. The summed E-state index contributed by atoms with van der Waals surface area (Å²) in [4.78, 5) is 10.5. The minimum Gasteiger partial charge on any atom is -0.462 e. The zero-order valence-corrected chi connectivity index (χ0v) is 6.51. The van der Waals surface area contributed by atoms with Gasteiger partial charge in [0.15, 0.2) is 0 Å². The Kier molecular flexibility index (Phi) is 4.82. The summed E-state index contributed by atoms with van der Waals surface area (Å²) < 4.78 is 4.70. The lowest BCUT2D eigenvalue weighted by molar-refractivity contribution is -0.137. The molecule has 0 radical (unpaired) electrons. The number of carbonyl (C=O) groups excluding carboxylic acids is 1. The molecule has 0 spiro atoms. The van der Waals surface area contributed by atoms with Crippen molar-refractivity contribution in [3.63, 3.8) is 0 Å². The SMILES string of the molecule is C=CC(=C)CCOC(=O)C=C. The number of allylic oxidation sites excluding steroid dienone is 1. The molecule has 0 aromatic rings. The summed E-state index contributed by atoms with van der Waals surface area (Å²) in [6, 6.07) is 0. The maximum atomic E-state index is 10.5. The van der Waals surface area contributed by atoms with E-state index in [0.29, 0.717) is 13.0 Å². The topological polar surface area (TPSA) is 26.3 Å². The first-order valence-corrected chi connectivity index (χ1v) is 3.30. The van der Waals surface area contributed by atoms with E-state index in [1.807, 2.05) is 0 Å². The highest BCUT2D eigenvalue weighted by Gasteiger charge is 1.94. The number of esters is 1. The van der Waals surface area contributed by atoms with Gasteiger partial charge < -0.3 is 4.74 Å². The molecule has 0 atom stereocenters. The van der Waals surface area contributed by atoms with E-state index in [2.05, 4.69) is 19.7 Å². The lowest BCUT2D eigenvalue weighted by Gasteiger charge is -2.00. The molecule has 0 bridgehead atoms. The van der Waals surface area contributed by atoms with Crippen molar-refractivity contribution in [2.75, 3.05) is 6.61 Å². The Bertz CT molecular complexity index is 160. The number of carbonyl (C=O) groups is 1. The molecule has 11 heavy (non-hydrogen) atoms. The third-order valence-electron chi connectivity index (χ3n) is 1.12. The molecule has 0 aliphatic rings. The average molecular weight is 152 g/mol. The molecule has 0 N–H and O–H groups in total. The van der Waals surface area contributed by atoms with Crippen molar-refractivity contribution in [1.29, 1.82) is 0 Å². The van der Waals surface area contributed by atoms with Gasteiger partial charge in [0.05, 0.1) is 6.61 Å². The number of ether oxygens (including phenoxy) is 1. The van der Waals surface area contributed by atoms with E-state index in [9.17, 15) is 4.79 Å². The lowest BCUT2D eigenvalue weighted by Crippen LogP contribution is -2.01. The molecule has 0 aliphatic carbocycles. The molecule has 0 amide bonds. The van der Waals surface area contributed by atoms with Crippen LogP contribution in [-0.4, -0.2) is 12.6 Å². The largest absolute Gasteiger partial charge is 0.462 e. The second-order valence-electron chi connectivity index (χ2n) is 1.98. The van der Waals surface area contributed by atoms with E-state index in [4.69, 9.17) is 4.74 Å². The summed E-state index contributed by atoms with van der Waals surface area (Å²) in [6.07, 6.45) is 3.40. The van der Waals surface area contributed by atoms with Crippen LogP contribution in [-0.2, 0) is 9.53 Å². The fourth-order valence-electron chi connectivity index (χ4n) is 0.444. The van der Waals surface area contributed by atoms with E-state index >= 15 is 0 Å². The van der Waals surface area contributed by atoms with Crippen LogP contribution in [0, 0.1) is 0 Å². The first-order valence-electron chi connectivity index (χ1n) is 3.30. The maximum Gasteiger partial charge on any atom is 0.330 e. The van der Waals surface area contributed by atoms with Crippen LogP contribution in [0.1, 0.15) is 6.42 Å². The van der Waals surface area contributed by atoms with Gasteiger partial charge in [0, 0.05) is 12.5 Å². The molecule has 0 heterocycles. The van der Waals surface area contributed by atoms with E-state index in [1.165, 1.54) is 0 Å². The number of hydrogen-bond donors (Lipinski definition) is 0. The van der Waals surface area contributed by atoms with Crippen LogP contribution >= 0.6 is 0 Å². The van der Waals surface area contributed by atoms with Gasteiger partial charge in [0.25, 0.3) is 0 Å². The number of rotatable bonds is 5. The van der Waals surface area contributed by atoms with Gasteiger partial charge in [-0.15, -0.1) is 0 Å². The van der Waals surface area contributed by atoms with Crippen molar-refractivity contribution in [1.82, 2.24) is 0 Å². The first-order chi connectivity index (χ1) is 5.20. The third kappa shape index (κ3) is 5.15. The summed E-state index contributed by atoms with van der Waals surface area (Å²) >= 11 is 0.